The SMILES string of the molecule is c1ccc(N(c2ccccc2)c2ccc3c(c2)oc2ccc(N(c4ccc5sc6cc(N(c7ccccc7)c7ccc(-c8cccc9ccccc89)cc7)ccc6c5c4)c4cc5ccccc5c5ccccc45)cc23)cc1.c1ccc(N(c2ccccc2)c2ccc3c(c2)oc2ccc(N(c4ccccc4)c4ccc5sc6cc(N(c7ccccc7)c7ccccc7)ccc6c5c4)cc23)cc1. The molecule has 0 saturated heterocycles. The Morgan fingerprint density at radius 1 is 0.140 bits per heavy atom. The third-order valence-corrected chi connectivity index (χ3v) is 28.4. The summed E-state index contributed by atoms with van der Waals surface area (Å²) >= 11 is 3.68. The second-order valence-corrected chi connectivity index (χ2v) is 36.5. The summed E-state index contributed by atoms with van der Waals surface area (Å²) in [6, 6.07) is 183. The largest absolute Gasteiger partial charge is 0.456 e. The minimum absolute atomic E-state index is 0.837. The standard InChI is InChI=1S/C72H47N3OS.C54H37N3OS/c1-4-20-51(21-5-1)73(52-22-6-2-7-23-52)57-35-39-64-66-44-55(37-41-69(66)76-70(64)46-57)75(68-43-50-18-11-13-27-61(50)62-28-14-15-29-63(62)68)56-38-42-71-67(45-56)65-40-36-58(47-72(65)77-71)74(53-24-8-3-9-25-53)54-33-31-49(32-34-54)60-30-16-19-48-17-10-12-26-59(48)60;1-6-16-38(17-7-1)55(39-18-8-2-9-19-39)45-26-30-47-49-34-43(28-32-51(49)58-52(47)36-45)57(42-24-14-5-15-25-42)44-29-33-53-50(35-44)48-31-27-46(37-54(48)59-53)56(40-20-10-3-11-21-40)41-22-12-4-13-23-41/h1-47H;1-37H. The fourth-order valence-electron chi connectivity index (χ4n) is 19.9. The maximum Gasteiger partial charge on any atom is 0.137 e. The molecule has 0 N–H and O–H groups in total. The number of hydrogen-bond acceptors (Lipinski definition) is 10. The van der Waals surface area contributed by atoms with Crippen molar-refractivity contribution in [3.8, 4) is 11.1 Å². The van der Waals surface area contributed by atoms with Crippen molar-refractivity contribution in [3.63, 3.8) is 0 Å². The molecule has 26 rings (SSSR count). The number of furan rings is 2. The average Bonchev–Trinajstić information content (AvgIpc) is 0.916. The minimum Gasteiger partial charge on any atom is -0.456 e. The number of anilines is 18. The van der Waals surface area contributed by atoms with Crippen LogP contribution in [0.3, 0.4) is 0 Å². The van der Waals surface area contributed by atoms with Crippen LogP contribution in [0.25, 0.3) is 128 Å². The molecule has 0 aliphatic rings. The van der Waals surface area contributed by atoms with E-state index in [2.05, 4.69) is 527 Å². The molecule has 642 valence electrons. The normalized spacial score (nSPS) is 11.5. The second kappa shape index (κ2) is 34.6. The van der Waals surface area contributed by atoms with E-state index < -0.39 is 0 Å². The second-order valence-electron chi connectivity index (χ2n) is 34.3. The highest BCUT2D eigenvalue weighted by Crippen LogP contribution is 2.52. The molecule has 0 fully saturated rings. The molecule has 4 aromatic heterocycles. The van der Waals surface area contributed by atoms with Gasteiger partial charge in [0.1, 0.15) is 22.3 Å². The fourth-order valence-corrected chi connectivity index (χ4v) is 22.1. The van der Waals surface area contributed by atoms with Crippen molar-refractivity contribution in [2.24, 2.45) is 0 Å². The molecule has 4 heterocycles. The van der Waals surface area contributed by atoms with Crippen LogP contribution in [0, 0.1) is 0 Å². The Morgan fingerprint density at radius 2 is 0.426 bits per heavy atom. The summed E-state index contributed by atoms with van der Waals surface area (Å²) in [6.45, 7) is 0. The summed E-state index contributed by atoms with van der Waals surface area (Å²) in [4.78, 5) is 14.0. The molecule has 0 radical (unpaired) electrons. The molecule has 136 heavy (non-hydrogen) atoms. The van der Waals surface area contributed by atoms with E-state index in [1.54, 1.807) is 0 Å². The number of nitrogens with zero attached hydrogens (tertiary/aromatic N) is 6. The van der Waals surface area contributed by atoms with Gasteiger partial charge in [0.15, 0.2) is 0 Å². The predicted octanol–water partition coefficient (Wildman–Crippen LogP) is 37.9. The molecule has 8 nitrogen and oxygen atoms in total. The van der Waals surface area contributed by atoms with E-state index in [4.69, 9.17) is 8.83 Å². The zero-order chi connectivity index (χ0) is 89.9. The van der Waals surface area contributed by atoms with Crippen molar-refractivity contribution in [1.29, 1.82) is 0 Å². The molecule has 0 atom stereocenters. The van der Waals surface area contributed by atoms with Crippen LogP contribution < -0.4 is 29.4 Å². The third-order valence-electron chi connectivity index (χ3n) is 26.1. The van der Waals surface area contributed by atoms with Gasteiger partial charge in [-0.25, -0.2) is 0 Å². The Balaban J connectivity index is 0.000000150. The molecule has 10 heteroatoms. The van der Waals surface area contributed by atoms with Gasteiger partial charge in [-0.15, -0.1) is 22.7 Å². The summed E-state index contributed by atoms with van der Waals surface area (Å²) in [5.41, 5.74) is 25.4. The van der Waals surface area contributed by atoms with Gasteiger partial charge in [0.2, 0.25) is 0 Å². The van der Waals surface area contributed by atoms with Crippen LogP contribution in [0.5, 0.6) is 0 Å². The van der Waals surface area contributed by atoms with Crippen LogP contribution in [-0.4, -0.2) is 0 Å². The van der Waals surface area contributed by atoms with E-state index in [9.17, 15) is 0 Å². The molecule has 0 amide bonds. The summed E-state index contributed by atoms with van der Waals surface area (Å²) in [5, 5.41) is 16.5. The zero-order valence-electron chi connectivity index (χ0n) is 73.8. The fraction of sp³-hybridized carbons (Fsp3) is 0. The summed E-state index contributed by atoms with van der Waals surface area (Å²) in [6.07, 6.45) is 0. The number of benzene rings is 22. The highest BCUT2D eigenvalue weighted by molar-refractivity contribution is 7.26. The van der Waals surface area contributed by atoms with Crippen LogP contribution >= 0.6 is 22.7 Å². The van der Waals surface area contributed by atoms with E-state index in [1.807, 2.05) is 34.8 Å². The summed E-state index contributed by atoms with van der Waals surface area (Å²) in [7, 11) is 0. The predicted molar refractivity (Wildman–Crippen MR) is 579 cm³/mol. The van der Waals surface area contributed by atoms with Crippen LogP contribution in [-0.2, 0) is 0 Å². The number of rotatable bonds is 19. The van der Waals surface area contributed by atoms with E-state index in [1.165, 1.54) is 83.8 Å². The van der Waals surface area contributed by atoms with Gasteiger partial charge < -0.3 is 38.2 Å². The molecule has 0 saturated carbocycles. The Morgan fingerprint density at radius 3 is 0.838 bits per heavy atom. The van der Waals surface area contributed by atoms with Crippen LogP contribution in [0.2, 0.25) is 0 Å². The quantitative estimate of drug-likeness (QED) is 0.0742. The smallest absolute Gasteiger partial charge is 0.137 e. The molecule has 0 aliphatic carbocycles. The van der Waals surface area contributed by atoms with Gasteiger partial charge in [-0.05, 0) is 275 Å². The van der Waals surface area contributed by atoms with Gasteiger partial charge >= 0.3 is 0 Å². The monoisotopic (exact) mass is 1780 g/mol. The molecule has 0 aliphatic heterocycles. The number of hydrogen-bond donors (Lipinski definition) is 0. The van der Waals surface area contributed by atoms with Gasteiger partial charge in [-0.1, -0.05) is 261 Å². The molecule has 26 aromatic rings. The first-order valence-electron chi connectivity index (χ1n) is 46.0. The van der Waals surface area contributed by atoms with E-state index >= 15 is 0 Å². The van der Waals surface area contributed by atoms with Crippen molar-refractivity contribution in [2.45, 2.75) is 0 Å². The van der Waals surface area contributed by atoms with Crippen molar-refractivity contribution in [2.75, 3.05) is 29.4 Å². The van der Waals surface area contributed by atoms with Crippen molar-refractivity contribution in [1.82, 2.24) is 0 Å². The lowest BCUT2D eigenvalue weighted by Gasteiger charge is -2.28. The molecular weight excluding hydrogens is 1690 g/mol. The summed E-state index contributed by atoms with van der Waals surface area (Å²) in [5.74, 6) is 0. The molecule has 22 aromatic carbocycles. The first kappa shape index (κ1) is 80.5. The maximum absolute atomic E-state index is 6.76. The lowest BCUT2D eigenvalue weighted by atomic mass is 9.98. The van der Waals surface area contributed by atoms with E-state index in [0.29, 0.717) is 0 Å². The van der Waals surface area contributed by atoms with Gasteiger partial charge in [-0.3, -0.25) is 0 Å². The Labute approximate surface area is 794 Å². The maximum atomic E-state index is 6.76. The lowest BCUT2D eigenvalue weighted by Crippen LogP contribution is -2.10. The lowest BCUT2D eigenvalue weighted by molar-refractivity contribution is 0.668. The number of para-hydroxylation sites is 8. The molecule has 0 unspecified atom stereocenters. The van der Waals surface area contributed by atoms with Crippen LogP contribution in [0.4, 0.5) is 102 Å². The first-order valence-corrected chi connectivity index (χ1v) is 47.6. The van der Waals surface area contributed by atoms with Crippen molar-refractivity contribution >= 4 is 242 Å². The molecular formula is C126H84N6O2S2. The Bertz CT molecular complexity index is 8620. The first-order chi connectivity index (χ1) is 67.4. The topological polar surface area (TPSA) is 45.7 Å². The highest BCUT2D eigenvalue weighted by Gasteiger charge is 2.26. The van der Waals surface area contributed by atoms with Crippen molar-refractivity contribution in [3.05, 3.63) is 510 Å². The summed E-state index contributed by atoms with van der Waals surface area (Å²) < 4.78 is 18.3. The third kappa shape index (κ3) is 14.8. The van der Waals surface area contributed by atoms with Gasteiger partial charge in [0, 0.05) is 176 Å². The average molecular weight is 1780 g/mol. The molecule has 0 bridgehead atoms. The van der Waals surface area contributed by atoms with E-state index in [-0.39, 0.29) is 0 Å². The Hall–Kier alpha value is -17.5. The molecule has 0 spiro atoms. The van der Waals surface area contributed by atoms with Crippen LogP contribution in [0.1, 0.15) is 0 Å². The van der Waals surface area contributed by atoms with E-state index in [0.717, 1.165) is 146 Å². The van der Waals surface area contributed by atoms with Gasteiger partial charge in [0.05, 0.1) is 5.69 Å². The minimum atomic E-state index is 0.837. The number of fused-ring (bicyclic) bond motifs is 16. The van der Waals surface area contributed by atoms with Gasteiger partial charge in [-0.2, -0.15) is 0 Å². The number of thiophene rings is 2. The van der Waals surface area contributed by atoms with Crippen LogP contribution in [0.15, 0.2) is 518 Å². The van der Waals surface area contributed by atoms with Gasteiger partial charge in [0.25, 0.3) is 0 Å². The Kier molecular flexibility index (Phi) is 20.5. The van der Waals surface area contributed by atoms with Crippen molar-refractivity contribution < 1.29 is 8.83 Å². The zero-order valence-corrected chi connectivity index (χ0v) is 75.4. The highest BCUT2D eigenvalue weighted by atomic mass is 32.1.